The number of fused-ring (bicyclic) bond motifs is 3. The minimum atomic E-state index is 0.926. The van der Waals surface area contributed by atoms with Crippen molar-refractivity contribution in [1.82, 2.24) is 9.88 Å². The van der Waals surface area contributed by atoms with E-state index >= 15 is 0 Å². The number of H-pyrrole nitrogens is 1. The number of nitrogens with one attached hydrogen (secondary N) is 1. The van der Waals surface area contributed by atoms with Gasteiger partial charge in [0, 0.05) is 54.5 Å². The van der Waals surface area contributed by atoms with Crippen molar-refractivity contribution in [1.29, 1.82) is 0 Å². The van der Waals surface area contributed by atoms with Gasteiger partial charge in [-0.05, 0) is 30.4 Å². The average molecular weight is 290 g/mol. The Kier molecular flexibility index (Phi) is 4.22. The van der Waals surface area contributed by atoms with Gasteiger partial charge in [0.2, 0.25) is 0 Å². The maximum Gasteiger partial charge on any atom is 0.120 e. The molecule has 0 radical (unpaired) electrons. The van der Waals surface area contributed by atoms with Crippen molar-refractivity contribution in [2.45, 2.75) is 12.8 Å². The van der Waals surface area contributed by atoms with E-state index in [4.69, 9.17) is 4.74 Å². The molecule has 0 saturated heterocycles. The number of thioether (sulfide) groups is 1. The molecule has 0 aliphatic carbocycles. The summed E-state index contributed by atoms with van der Waals surface area (Å²) in [6.45, 7) is 3.54. The first-order valence-electron chi connectivity index (χ1n) is 7.20. The van der Waals surface area contributed by atoms with E-state index in [0.29, 0.717) is 0 Å². The Morgan fingerprint density at radius 3 is 2.95 bits per heavy atom. The first-order valence-corrected chi connectivity index (χ1v) is 8.60. The predicted molar refractivity (Wildman–Crippen MR) is 87.1 cm³/mol. The van der Waals surface area contributed by atoms with Gasteiger partial charge in [0.15, 0.2) is 0 Å². The summed E-state index contributed by atoms with van der Waals surface area (Å²) >= 11 is 1.93. The van der Waals surface area contributed by atoms with Crippen LogP contribution in [0.1, 0.15) is 11.3 Å². The average Bonchev–Trinajstić information content (AvgIpc) is 2.71. The molecular formula is C16H22N2OS. The van der Waals surface area contributed by atoms with E-state index < -0.39 is 0 Å². The molecule has 2 aromatic rings. The van der Waals surface area contributed by atoms with Gasteiger partial charge in [-0.25, -0.2) is 0 Å². The normalized spacial score (nSPS) is 16.1. The van der Waals surface area contributed by atoms with Gasteiger partial charge in [0.05, 0.1) is 7.11 Å². The highest BCUT2D eigenvalue weighted by Gasteiger charge is 2.18. The van der Waals surface area contributed by atoms with Crippen LogP contribution in [0.3, 0.4) is 0 Å². The number of hydrogen-bond acceptors (Lipinski definition) is 3. The monoisotopic (exact) mass is 290 g/mol. The molecule has 0 fully saturated rings. The molecule has 20 heavy (non-hydrogen) atoms. The zero-order chi connectivity index (χ0) is 13.9. The highest BCUT2D eigenvalue weighted by Crippen LogP contribution is 2.28. The van der Waals surface area contributed by atoms with Gasteiger partial charge in [-0.15, -0.1) is 0 Å². The molecule has 3 nitrogen and oxygen atoms in total. The number of benzene rings is 1. The predicted octanol–water partition coefficient (Wildman–Crippen LogP) is 2.94. The van der Waals surface area contributed by atoms with Gasteiger partial charge >= 0.3 is 0 Å². The molecule has 1 N–H and O–H groups in total. The second kappa shape index (κ2) is 6.10. The Morgan fingerprint density at radius 1 is 1.30 bits per heavy atom. The fourth-order valence-electron chi connectivity index (χ4n) is 3.01. The van der Waals surface area contributed by atoms with Crippen LogP contribution >= 0.6 is 11.8 Å². The molecule has 1 aromatic heterocycles. The van der Waals surface area contributed by atoms with Gasteiger partial charge < -0.3 is 14.6 Å². The van der Waals surface area contributed by atoms with Crippen molar-refractivity contribution < 1.29 is 4.74 Å². The molecule has 4 heteroatoms. The molecule has 0 unspecified atom stereocenters. The van der Waals surface area contributed by atoms with E-state index in [9.17, 15) is 0 Å². The van der Waals surface area contributed by atoms with Crippen molar-refractivity contribution in [3.8, 4) is 5.75 Å². The highest BCUT2D eigenvalue weighted by atomic mass is 32.2. The number of nitrogens with zero attached hydrogens (tertiary/aromatic N) is 1. The minimum Gasteiger partial charge on any atom is -0.497 e. The quantitative estimate of drug-likeness (QED) is 0.938. The fraction of sp³-hybridized carbons (Fsp3) is 0.500. The largest absolute Gasteiger partial charge is 0.497 e. The number of aromatic nitrogens is 1. The van der Waals surface area contributed by atoms with Gasteiger partial charge in [0.25, 0.3) is 0 Å². The second-order valence-corrected chi connectivity index (χ2v) is 6.31. The lowest BCUT2D eigenvalue weighted by Gasteiger charge is -2.18. The van der Waals surface area contributed by atoms with Crippen LogP contribution < -0.4 is 4.74 Å². The zero-order valence-electron chi connectivity index (χ0n) is 12.2. The molecule has 2 heterocycles. The maximum absolute atomic E-state index is 5.31. The summed E-state index contributed by atoms with van der Waals surface area (Å²) in [7, 11) is 1.72. The van der Waals surface area contributed by atoms with Crippen LogP contribution in [0.4, 0.5) is 0 Å². The molecule has 0 atom stereocenters. The van der Waals surface area contributed by atoms with Gasteiger partial charge in [0.1, 0.15) is 5.75 Å². The molecule has 0 saturated carbocycles. The van der Waals surface area contributed by atoms with E-state index in [-0.39, 0.29) is 0 Å². The molecule has 1 aliphatic heterocycles. The van der Waals surface area contributed by atoms with Crippen LogP contribution in [0, 0.1) is 0 Å². The van der Waals surface area contributed by atoms with Crippen LogP contribution in [-0.4, -0.2) is 48.6 Å². The molecule has 0 amide bonds. The third-order valence-corrected chi connectivity index (χ3v) is 4.76. The summed E-state index contributed by atoms with van der Waals surface area (Å²) in [4.78, 5) is 6.18. The molecule has 1 aliphatic rings. The lowest BCUT2D eigenvalue weighted by atomic mass is 10.1. The third kappa shape index (κ3) is 2.67. The SMILES string of the molecule is COc1ccc2c3c([nH]c2c1)CCN(CCSC)CC3. The molecule has 0 bridgehead atoms. The number of aromatic amines is 1. The first kappa shape index (κ1) is 13.8. The third-order valence-electron chi connectivity index (χ3n) is 4.17. The number of methoxy groups -OCH3 is 1. The molecule has 3 rings (SSSR count). The standard InChI is InChI=1S/C16H22N2OS/c1-19-12-3-4-13-14-5-7-18(9-10-20-2)8-6-15(14)17-16(13)11-12/h3-4,11,17H,5-10H2,1-2H3. The number of hydrogen-bond donors (Lipinski definition) is 1. The van der Waals surface area contributed by atoms with E-state index in [1.807, 2.05) is 11.8 Å². The molecule has 1 aromatic carbocycles. The van der Waals surface area contributed by atoms with Crippen molar-refractivity contribution >= 4 is 22.7 Å². The van der Waals surface area contributed by atoms with Crippen molar-refractivity contribution in [2.75, 3.05) is 38.8 Å². The summed E-state index contributed by atoms with van der Waals surface area (Å²) in [6.07, 6.45) is 4.46. The summed E-state index contributed by atoms with van der Waals surface area (Å²) in [5, 5.41) is 1.37. The molecule has 108 valence electrons. The summed E-state index contributed by atoms with van der Waals surface area (Å²) < 4.78 is 5.31. The van der Waals surface area contributed by atoms with Crippen LogP contribution in [0.5, 0.6) is 5.75 Å². The van der Waals surface area contributed by atoms with Crippen molar-refractivity contribution in [3.05, 3.63) is 29.5 Å². The Labute approximate surface area is 124 Å². The minimum absolute atomic E-state index is 0.926. The van der Waals surface area contributed by atoms with E-state index in [1.54, 1.807) is 7.11 Å². The summed E-state index contributed by atoms with van der Waals surface area (Å²) in [5.74, 6) is 2.15. The lowest BCUT2D eigenvalue weighted by molar-refractivity contribution is 0.305. The lowest BCUT2D eigenvalue weighted by Crippen LogP contribution is -2.28. The maximum atomic E-state index is 5.31. The topological polar surface area (TPSA) is 28.3 Å². The van der Waals surface area contributed by atoms with Crippen molar-refractivity contribution in [3.63, 3.8) is 0 Å². The van der Waals surface area contributed by atoms with Gasteiger partial charge in [-0.1, -0.05) is 0 Å². The van der Waals surface area contributed by atoms with Gasteiger partial charge in [-0.3, -0.25) is 0 Å². The second-order valence-electron chi connectivity index (χ2n) is 5.33. The zero-order valence-corrected chi connectivity index (χ0v) is 13.1. The summed E-state index contributed by atoms with van der Waals surface area (Å²) in [5.41, 5.74) is 4.14. The van der Waals surface area contributed by atoms with Crippen LogP contribution in [0.25, 0.3) is 10.9 Å². The van der Waals surface area contributed by atoms with E-state index in [2.05, 4.69) is 34.3 Å². The van der Waals surface area contributed by atoms with E-state index in [0.717, 1.165) is 25.1 Å². The Morgan fingerprint density at radius 2 is 2.15 bits per heavy atom. The summed E-state index contributed by atoms with van der Waals surface area (Å²) in [6, 6.07) is 6.36. The van der Waals surface area contributed by atoms with E-state index in [1.165, 1.54) is 41.0 Å². The first-order chi connectivity index (χ1) is 9.81. The Hall–Kier alpha value is -1.13. The van der Waals surface area contributed by atoms with Crippen LogP contribution in [0.15, 0.2) is 18.2 Å². The van der Waals surface area contributed by atoms with Crippen LogP contribution in [-0.2, 0) is 12.8 Å². The number of ether oxygens (including phenoxy) is 1. The smallest absolute Gasteiger partial charge is 0.120 e. The van der Waals surface area contributed by atoms with Gasteiger partial charge in [-0.2, -0.15) is 11.8 Å². The number of rotatable bonds is 4. The molecular weight excluding hydrogens is 268 g/mol. The fourth-order valence-corrected chi connectivity index (χ4v) is 3.45. The van der Waals surface area contributed by atoms with Crippen molar-refractivity contribution in [2.24, 2.45) is 0 Å². The Balaban J connectivity index is 1.84. The van der Waals surface area contributed by atoms with Crippen LogP contribution in [0.2, 0.25) is 0 Å². The Bertz CT molecular complexity index is 593. The highest BCUT2D eigenvalue weighted by molar-refractivity contribution is 7.98. The molecule has 0 spiro atoms.